The van der Waals surface area contributed by atoms with Gasteiger partial charge in [-0.2, -0.15) is 0 Å². The molecule has 5 nitrogen and oxygen atoms in total. The van der Waals surface area contributed by atoms with E-state index in [0.29, 0.717) is 6.04 Å². The van der Waals surface area contributed by atoms with E-state index in [9.17, 15) is 5.11 Å². The maximum absolute atomic E-state index is 9.21. The summed E-state index contributed by atoms with van der Waals surface area (Å²) in [5.41, 5.74) is 1.26. The topological polar surface area (TPSA) is 44.5 Å². The Kier molecular flexibility index (Phi) is 4.87. The number of pyridine rings is 1. The zero-order valence-electron chi connectivity index (χ0n) is 13.1. The van der Waals surface area contributed by atoms with Gasteiger partial charge in [-0.25, -0.2) is 4.98 Å². The monoisotopic (exact) mass is 300 g/mol. The average molecular weight is 300 g/mol. The lowest BCUT2D eigenvalue weighted by Crippen LogP contribution is -2.51. The van der Waals surface area contributed by atoms with Crippen LogP contribution in [0.2, 0.25) is 0 Å². The summed E-state index contributed by atoms with van der Waals surface area (Å²) in [6.07, 6.45) is 4.74. The third kappa shape index (κ3) is 3.38. The van der Waals surface area contributed by atoms with Gasteiger partial charge in [0.25, 0.3) is 0 Å². The van der Waals surface area contributed by atoms with Gasteiger partial charge in [0, 0.05) is 56.9 Å². The van der Waals surface area contributed by atoms with E-state index in [0.717, 1.165) is 38.4 Å². The third-order valence-electron chi connectivity index (χ3n) is 4.44. The Morgan fingerprint density at radius 3 is 2.91 bits per heavy atom. The number of hydrogen-bond acceptors (Lipinski definition) is 4. The summed E-state index contributed by atoms with van der Waals surface area (Å²) in [5, 5.41) is 9.21. The van der Waals surface area contributed by atoms with Crippen molar-refractivity contribution in [1.29, 1.82) is 0 Å². The van der Waals surface area contributed by atoms with E-state index in [1.165, 1.54) is 5.69 Å². The number of hydrogen-bond donors (Lipinski definition) is 1. The Hall–Kier alpha value is -1.69. The second-order valence-electron chi connectivity index (χ2n) is 5.94. The van der Waals surface area contributed by atoms with Crippen LogP contribution < -0.4 is 0 Å². The molecular weight excluding hydrogens is 276 g/mol. The smallest absolute Gasteiger partial charge is 0.136 e. The van der Waals surface area contributed by atoms with Crippen molar-refractivity contribution in [3.63, 3.8) is 0 Å². The number of aromatic nitrogens is 2. The summed E-state index contributed by atoms with van der Waals surface area (Å²) in [6.45, 7) is 4.29. The molecule has 118 valence electrons. The highest BCUT2D eigenvalue weighted by atomic mass is 16.3. The van der Waals surface area contributed by atoms with Crippen molar-refractivity contribution in [2.75, 3.05) is 33.3 Å². The summed E-state index contributed by atoms with van der Waals surface area (Å²) in [4.78, 5) is 9.25. The van der Waals surface area contributed by atoms with Crippen molar-refractivity contribution in [2.24, 2.45) is 0 Å². The van der Waals surface area contributed by atoms with E-state index in [2.05, 4.69) is 44.7 Å². The molecule has 0 unspecified atom stereocenters. The van der Waals surface area contributed by atoms with Gasteiger partial charge in [-0.15, -0.1) is 0 Å². The lowest BCUT2D eigenvalue weighted by Gasteiger charge is -2.39. The molecule has 1 atom stereocenters. The van der Waals surface area contributed by atoms with Gasteiger partial charge in [-0.1, -0.05) is 6.07 Å². The molecule has 0 saturated carbocycles. The molecule has 0 radical (unpaired) electrons. The quantitative estimate of drug-likeness (QED) is 0.906. The number of aliphatic hydroxyl groups excluding tert-OH is 1. The Balaban J connectivity index is 1.70. The standard InChI is InChI=1S/C17H24N4O/c1-19-10-11-20(13-15(19)7-12-22)14-16-5-4-9-21(16)17-6-2-3-8-18-17/h2-6,8-9,15,22H,7,10-14H2,1H3/t15-/m1/s1. The molecule has 2 aromatic rings. The van der Waals surface area contributed by atoms with Crippen LogP contribution in [0.1, 0.15) is 12.1 Å². The van der Waals surface area contributed by atoms with E-state index < -0.39 is 0 Å². The average Bonchev–Trinajstić information content (AvgIpc) is 3.00. The van der Waals surface area contributed by atoms with Crippen molar-refractivity contribution in [1.82, 2.24) is 19.4 Å². The zero-order chi connectivity index (χ0) is 15.4. The summed E-state index contributed by atoms with van der Waals surface area (Å²) < 4.78 is 2.15. The molecule has 1 saturated heterocycles. The zero-order valence-corrected chi connectivity index (χ0v) is 13.1. The molecule has 3 rings (SSSR count). The van der Waals surface area contributed by atoms with Crippen LogP contribution in [0.4, 0.5) is 0 Å². The van der Waals surface area contributed by atoms with E-state index >= 15 is 0 Å². The lowest BCUT2D eigenvalue weighted by molar-refractivity contribution is 0.0733. The number of likely N-dealkylation sites (N-methyl/N-ethyl adjacent to an activating group) is 1. The molecule has 1 aliphatic rings. The first-order chi connectivity index (χ1) is 10.8. The van der Waals surface area contributed by atoms with Crippen LogP contribution in [0.25, 0.3) is 5.82 Å². The number of aliphatic hydroxyl groups is 1. The van der Waals surface area contributed by atoms with Gasteiger partial charge in [0.05, 0.1) is 0 Å². The van der Waals surface area contributed by atoms with Gasteiger partial charge in [0.15, 0.2) is 0 Å². The number of nitrogens with zero attached hydrogens (tertiary/aromatic N) is 4. The van der Waals surface area contributed by atoms with Gasteiger partial charge >= 0.3 is 0 Å². The predicted molar refractivity (Wildman–Crippen MR) is 87.0 cm³/mol. The molecular formula is C17H24N4O. The van der Waals surface area contributed by atoms with Crippen LogP contribution in [0.15, 0.2) is 42.7 Å². The SMILES string of the molecule is CN1CCN(Cc2cccn2-c2ccccn2)C[C@H]1CCO. The maximum Gasteiger partial charge on any atom is 0.136 e. The fourth-order valence-corrected chi connectivity index (χ4v) is 3.11. The molecule has 0 aromatic carbocycles. The first kappa shape index (κ1) is 15.2. The molecule has 3 heterocycles. The second-order valence-corrected chi connectivity index (χ2v) is 5.94. The van der Waals surface area contributed by atoms with Crippen molar-refractivity contribution in [3.8, 4) is 5.82 Å². The maximum atomic E-state index is 9.21. The molecule has 0 bridgehead atoms. The molecule has 5 heteroatoms. The van der Waals surface area contributed by atoms with E-state index in [1.54, 1.807) is 0 Å². The van der Waals surface area contributed by atoms with E-state index in [1.807, 2.05) is 24.4 Å². The van der Waals surface area contributed by atoms with Gasteiger partial charge in [-0.05, 0) is 37.7 Å². The normalized spacial score (nSPS) is 20.4. The van der Waals surface area contributed by atoms with Crippen LogP contribution in [-0.4, -0.2) is 63.8 Å². The highest BCUT2D eigenvalue weighted by Gasteiger charge is 2.24. The van der Waals surface area contributed by atoms with Crippen LogP contribution in [-0.2, 0) is 6.54 Å². The Morgan fingerprint density at radius 2 is 2.14 bits per heavy atom. The first-order valence-electron chi connectivity index (χ1n) is 7.89. The largest absolute Gasteiger partial charge is 0.396 e. The summed E-state index contributed by atoms with van der Waals surface area (Å²) in [5.74, 6) is 0.962. The lowest BCUT2D eigenvalue weighted by atomic mass is 10.1. The van der Waals surface area contributed by atoms with Crippen LogP contribution in [0.3, 0.4) is 0 Å². The van der Waals surface area contributed by atoms with Crippen molar-refractivity contribution in [2.45, 2.75) is 19.0 Å². The third-order valence-corrected chi connectivity index (χ3v) is 4.44. The predicted octanol–water partition coefficient (Wildman–Crippen LogP) is 1.37. The van der Waals surface area contributed by atoms with Crippen LogP contribution in [0.5, 0.6) is 0 Å². The molecule has 0 aliphatic carbocycles. The summed E-state index contributed by atoms with van der Waals surface area (Å²) in [7, 11) is 2.15. The molecule has 0 spiro atoms. The number of rotatable bonds is 5. The highest BCUT2D eigenvalue weighted by molar-refractivity contribution is 5.27. The number of piperazine rings is 1. The minimum absolute atomic E-state index is 0.257. The molecule has 2 aromatic heterocycles. The van der Waals surface area contributed by atoms with Gasteiger partial charge in [0.2, 0.25) is 0 Å². The Labute approximate surface area is 131 Å². The minimum atomic E-state index is 0.257. The first-order valence-corrected chi connectivity index (χ1v) is 7.89. The Morgan fingerprint density at radius 1 is 1.23 bits per heavy atom. The summed E-state index contributed by atoms with van der Waals surface area (Å²) >= 11 is 0. The van der Waals surface area contributed by atoms with Gasteiger partial charge in [-0.3, -0.25) is 4.90 Å². The molecule has 1 aliphatic heterocycles. The molecule has 0 amide bonds. The highest BCUT2D eigenvalue weighted by Crippen LogP contribution is 2.16. The minimum Gasteiger partial charge on any atom is -0.396 e. The van der Waals surface area contributed by atoms with Crippen molar-refractivity contribution < 1.29 is 5.11 Å². The van der Waals surface area contributed by atoms with Crippen LogP contribution >= 0.6 is 0 Å². The van der Waals surface area contributed by atoms with Gasteiger partial charge < -0.3 is 14.6 Å². The fourth-order valence-electron chi connectivity index (χ4n) is 3.11. The van der Waals surface area contributed by atoms with E-state index in [-0.39, 0.29) is 6.61 Å². The van der Waals surface area contributed by atoms with E-state index in [4.69, 9.17) is 0 Å². The fraction of sp³-hybridized carbons (Fsp3) is 0.471. The molecule has 1 fully saturated rings. The molecule has 22 heavy (non-hydrogen) atoms. The van der Waals surface area contributed by atoms with Crippen molar-refractivity contribution >= 4 is 0 Å². The van der Waals surface area contributed by atoms with Gasteiger partial charge in [0.1, 0.15) is 5.82 Å². The van der Waals surface area contributed by atoms with Crippen molar-refractivity contribution in [3.05, 3.63) is 48.4 Å². The Bertz CT molecular complexity index is 583. The molecule has 1 N–H and O–H groups in total. The second kappa shape index (κ2) is 7.05. The summed E-state index contributed by atoms with van der Waals surface area (Å²) in [6, 6.07) is 10.7. The van der Waals surface area contributed by atoms with Crippen LogP contribution in [0, 0.1) is 0 Å².